The van der Waals surface area contributed by atoms with Crippen LogP contribution in [-0.4, -0.2) is 11.6 Å². The first-order valence-electron chi connectivity index (χ1n) is 5.72. The van der Waals surface area contributed by atoms with Crippen molar-refractivity contribution in [3.8, 4) is 5.88 Å². The molecule has 1 aromatic heterocycles. The Kier molecular flexibility index (Phi) is 4.35. The molecule has 1 aromatic carbocycles. The monoisotopic (exact) mass is 297 g/mol. The van der Waals surface area contributed by atoms with Gasteiger partial charge in [-0.1, -0.05) is 29.3 Å². The van der Waals surface area contributed by atoms with Crippen molar-refractivity contribution < 1.29 is 4.74 Å². The molecule has 0 aliphatic carbocycles. The number of para-hydroxylation sites is 1. The number of rotatable bonds is 4. The summed E-state index contributed by atoms with van der Waals surface area (Å²) in [4.78, 5) is 4.26. The van der Waals surface area contributed by atoms with Crippen molar-refractivity contribution in [1.82, 2.24) is 4.98 Å². The van der Waals surface area contributed by atoms with Crippen molar-refractivity contribution in [2.24, 2.45) is 0 Å². The lowest BCUT2D eigenvalue weighted by Crippen LogP contribution is -2.02. The molecule has 0 amide bonds. The van der Waals surface area contributed by atoms with Gasteiger partial charge in [-0.05, 0) is 31.2 Å². The van der Waals surface area contributed by atoms with Gasteiger partial charge in [-0.15, -0.1) is 0 Å². The van der Waals surface area contributed by atoms with Crippen molar-refractivity contribution in [2.75, 3.05) is 17.7 Å². The number of nitrogens with two attached hydrogens (primary N) is 1. The maximum absolute atomic E-state index is 6.08. The Hall–Kier alpha value is -1.65. The molecule has 0 aliphatic heterocycles. The first-order valence-corrected chi connectivity index (χ1v) is 6.47. The van der Waals surface area contributed by atoms with E-state index in [4.69, 9.17) is 33.7 Å². The molecule has 0 spiro atoms. The van der Waals surface area contributed by atoms with Gasteiger partial charge in [0.1, 0.15) is 5.82 Å². The topological polar surface area (TPSA) is 60.2 Å². The molecule has 2 rings (SSSR count). The van der Waals surface area contributed by atoms with Crippen LogP contribution in [0, 0.1) is 0 Å². The molecule has 0 fully saturated rings. The van der Waals surface area contributed by atoms with E-state index in [1.54, 1.807) is 30.3 Å². The van der Waals surface area contributed by atoms with Crippen LogP contribution in [0.5, 0.6) is 5.88 Å². The zero-order valence-corrected chi connectivity index (χ0v) is 11.8. The van der Waals surface area contributed by atoms with Crippen molar-refractivity contribution in [3.05, 3.63) is 40.4 Å². The number of anilines is 3. The number of nitrogen functional groups attached to an aromatic ring is 1. The van der Waals surface area contributed by atoms with E-state index in [1.807, 2.05) is 6.92 Å². The Labute approximate surface area is 121 Å². The minimum atomic E-state index is 0.385. The highest BCUT2D eigenvalue weighted by atomic mass is 35.5. The zero-order chi connectivity index (χ0) is 13.8. The van der Waals surface area contributed by atoms with Crippen LogP contribution in [0.3, 0.4) is 0 Å². The van der Waals surface area contributed by atoms with Crippen molar-refractivity contribution in [3.63, 3.8) is 0 Å². The average Bonchev–Trinajstić information content (AvgIpc) is 2.38. The number of hydrogen-bond donors (Lipinski definition) is 2. The molecular formula is C13H13Cl2N3O. The first-order chi connectivity index (χ1) is 9.11. The van der Waals surface area contributed by atoms with Gasteiger partial charge in [0.2, 0.25) is 5.88 Å². The number of pyridine rings is 1. The van der Waals surface area contributed by atoms with Crippen LogP contribution in [-0.2, 0) is 0 Å². The molecule has 3 N–H and O–H groups in total. The van der Waals surface area contributed by atoms with Crippen LogP contribution in [0.1, 0.15) is 6.92 Å². The van der Waals surface area contributed by atoms with Crippen LogP contribution in [0.15, 0.2) is 30.3 Å². The third-order valence-electron chi connectivity index (χ3n) is 2.39. The van der Waals surface area contributed by atoms with Crippen molar-refractivity contribution in [2.45, 2.75) is 6.92 Å². The second kappa shape index (κ2) is 5.99. The van der Waals surface area contributed by atoms with E-state index in [9.17, 15) is 0 Å². The fourth-order valence-electron chi connectivity index (χ4n) is 1.52. The summed E-state index contributed by atoms with van der Waals surface area (Å²) in [5.41, 5.74) is 6.85. The van der Waals surface area contributed by atoms with Gasteiger partial charge >= 0.3 is 0 Å². The largest absolute Gasteiger partial charge is 0.476 e. The molecule has 1 heterocycles. The molecule has 2 aromatic rings. The molecule has 0 bridgehead atoms. The summed E-state index contributed by atoms with van der Waals surface area (Å²) in [5, 5.41) is 4.09. The predicted octanol–water partition coefficient (Wildman–Crippen LogP) is 4.11. The molecule has 4 nitrogen and oxygen atoms in total. The van der Waals surface area contributed by atoms with E-state index >= 15 is 0 Å². The Morgan fingerprint density at radius 2 is 1.89 bits per heavy atom. The second-order valence-electron chi connectivity index (χ2n) is 3.75. The Bertz CT molecular complexity index is 570. The Morgan fingerprint density at radius 1 is 1.21 bits per heavy atom. The quantitative estimate of drug-likeness (QED) is 0.891. The third-order valence-corrected chi connectivity index (χ3v) is 3.02. The van der Waals surface area contributed by atoms with E-state index in [0.29, 0.717) is 39.7 Å². The van der Waals surface area contributed by atoms with Crippen LogP contribution < -0.4 is 15.8 Å². The average molecular weight is 298 g/mol. The standard InChI is InChI=1S/C13H13Cl2N3O/c1-2-19-13-10(16)6-7-11(18-13)17-12-8(14)4-3-5-9(12)15/h3-7H,2,16H2,1H3,(H,17,18). The molecule has 19 heavy (non-hydrogen) atoms. The zero-order valence-electron chi connectivity index (χ0n) is 10.3. The van der Waals surface area contributed by atoms with Crippen molar-refractivity contribution >= 4 is 40.4 Å². The highest BCUT2D eigenvalue weighted by molar-refractivity contribution is 6.39. The number of hydrogen-bond acceptors (Lipinski definition) is 4. The molecule has 0 saturated carbocycles. The lowest BCUT2D eigenvalue weighted by atomic mass is 10.3. The fourth-order valence-corrected chi connectivity index (χ4v) is 2.01. The summed E-state index contributed by atoms with van der Waals surface area (Å²) in [5.74, 6) is 0.948. The van der Waals surface area contributed by atoms with Gasteiger partial charge < -0.3 is 15.8 Å². The third kappa shape index (κ3) is 3.22. The van der Waals surface area contributed by atoms with Gasteiger partial charge in [-0.2, -0.15) is 4.98 Å². The summed E-state index contributed by atoms with van der Waals surface area (Å²) < 4.78 is 5.33. The summed E-state index contributed by atoms with van der Waals surface area (Å²) in [6.45, 7) is 2.36. The lowest BCUT2D eigenvalue weighted by molar-refractivity contribution is 0.329. The molecule has 0 atom stereocenters. The maximum Gasteiger partial charge on any atom is 0.239 e. The van der Waals surface area contributed by atoms with E-state index in [0.717, 1.165) is 0 Å². The van der Waals surface area contributed by atoms with Gasteiger partial charge in [0.15, 0.2) is 0 Å². The number of ether oxygens (including phenoxy) is 1. The molecule has 6 heteroatoms. The summed E-state index contributed by atoms with van der Waals surface area (Å²) in [7, 11) is 0. The molecule has 0 saturated heterocycles. The van der Waals surface area contributed by atoms with Gasteiger partial charge in [0, 0.05) is 0 Å². The van der Waals surface area contributed by atoms with Crippen LogP contribution >= 0.6 is 23.2 Å². The smallest absolute Gasteiger partial charge is 0.239 e. The first kappa shape index (κ1) is 13.8. The predicted molar refractivity (Wildman–Crippen MR) is 79.6 cm³/mol. The van der Waals surface area contributed by atoms with Crippen molar-refractivity contribution in [1.29, 1.82) is 0 Å². The lowest BCUT2D eigenvalue weighted by Gasteiger charge is -2.12. The Morgan fingerprint density at radius 3 is 2.53 bits per heavy atom. The SMILES string of the molecule is CCOc1nc(Nc2c(Cl)cccc2Cl)ccc1N. The van der Waals surface area contributed by atoms with E-state index < -0.39 is 0 Å². The number of nitrogens with zero attached hydrogens (tertiary/aromatic N) is 1. The molecule has 0 aliphatic rings. The van der Waals surface area contributed by atoms with E-state index in [2.05, 4.69) is 10.3 Å². The highest BCUT2D eigenvalue weighted by Gasteiger charge is 2.08. The van der Waals surface area contributed by atoms with Gasteiger partial charge in [-0.3, -0.25) is 0 Å². The summed E-state index contributed by atoms with van der Waals surface area (Å²) in [6.07, 6.45) is 0. The number of benzene rings is 1. The minimum Gasteiger partial charge on any atom is -0.476 e. The molecular weight excluding hydrogens is 285 g/mol. The minimum absolute atomic E-state index is 0.385. The summed E-state index contributed by atoms with van der Waals surface area (Å²) in [6, 6.07) is 8.72. The van der Waals surface area contributed by atoms with Gasteiger partial charge in [-0.25, -0.2) is 0 Å². The fraction of sp³-hybridized carbons (Fsp3) is 0.154. The van der Waals surface area contributed by atoms with Crippen LogP contribution in [0.25, 0.3) is 0 Å². The molecule has 100 valence electrons. The number of aromatic nitrogens is 1. The second-order valence-corrected chi connectivity index (χ2v) is 4.56. The van der Waals surface area contributed by atoms with E-state index in [1.165, 1.54) is 0 Å². The maximum atomic E-state index is 6.08. The summed E-state index contributed by atoms with van der Waals surface area (Å²) >= 11 is 12.2. The van der Waals surface area contributed by atoms with Gasteiger partial charge in [0.25, 0.3) is 0 Å². The molecule has 0 radical (unpaired) electrons. The Balaban J connectivity index is 2.31. The highest BCUT2D eigenvalue weighted by Crippen LogP contribution is 2.33. The van der Waals surface area contributed by atoms with E-state index in [-0.39, 0.29) is 0 Å². The number of halogens is 2. The van der Waals surface area contributed by atoms with Gasteiger partial charge in [0.05, 0.1) is 28.0 Å². The van der Waals surface area contributed by atoms with Crippen LogP contribution in [0.4, 0.5) is 17.2 Å². The normalized spacial score (nSPS) is 10.3. The van der Waals surface area contributed by atoms with Crippen LogP contribution in [0.2, 0.25) is 10.0 Å². The molecule has 0 unspecified atom stereocenters. The number of nitrogens with one attached hydrogen (secondary N) is 1.